The molecule has 1 aromatic carbocycles. The van der Waals surface area contributed by atoms with Crippen LogP contribution in [0.4, 0.5) is 16.0 Å². The Morgan fingerprint density at radius 2 is 2.24 bits per heavy atom. The number of hydrogen-bond acceptors (Lipinski definition) is 2. The Hall–Kier alpha value is -1.55. The smallest absolute Gasteiger partial charge is 0.207 e. The van der Waals surface area contributed by atoms with Gasteiger partial charge in [0, 0.05) is 12.7 Å². The molecule has 2 rings (SSSR count). The largest absolute Gasteiger partial charge is 0.324 e. The maximum atomic E-state index is 13.1. The van der Waals surface area contributed by atoms with Gasteiger partial charge < -0.3 is 9.88 Å². The number of aromatic nitrogens is 2. The molecule has 5 heteroatoms. The standard InChI is InChI=1S/C12H13ClFN3/c1-3-17-7-8(2)15-12(17)16-11-6-9(14)4-5-10(11)13/h4-7H,3H2,1-2H3,(H,15,16). The van der Waals surface area contributed by atoms with E-state index in [0.717, 1.165) is 12.2 Å². The number of imidazole rings is 1. The molecule has 0 radical (unpaired) electrons. The lowest BCUT2D eigenvalue weighted by molar-refractivity contribution is 0.628. The molecule has 1 heterocycles. The van der Waals surface area contributed by atoms with Crippen LogP contribution in [0.15, 0.2) is 24.4 Å². The molecule has 1 N–H and O–H groups in total. The fourth-order valence-corrected chi connectivity index (χ4v) is 1.77. The minimum Gasteiger partial charge on any atom is -0.324 e. The van der Waals surface area contributed by atoms with E-state index in [2.05, 4.69) is 10.3 Å². The number of nitrogens with one attached hydrogen (secondary N) is 1. The van der Waals surface area contributed by atoms with Crippen LogP contribution in [0.25, 0.3) is 0 Å². The molecule has 0 aliphatic rings. The first-order valence-corrected chi connectivity index (χ1v) is 5.73. The summed E-state index contributed by atoms with van der Waals surface area (Å²) in [4.78, 5) is 4.32. The molecule has 0 saturated heterocycles. The van der Waals surface area contributed by atoms with Crippen molar-refractivity contribution < 1.29 is 4.39 Å². The van der Waals surface area contributed by atoms with Crippen LogP contribution in [0.3, 0.4) is 0 Å². The lowest BCUT2D eigenvalue weighted by Gasteiger charge is -2.09. The maximum absolute atomic E-state index is 13.1. The van der Waals surface area contributed by atoms with Gasteiger partial charge in [0.15, 0.2) is 0 Å². The minimum atomic E-state index is -0.330. The second-order valence-corrected chi connectivity index (χ2v) is 4.15. The van der Waals surface area contributed by atoms with E-state index >= 15 is 0 Å². The Labute approximate surface area is 104 Å². The highest BCUT2D eigenvalue weighted by Gasteiger charge is 2.07. The van der Waals surface area contributed by atoms with Crippen LogP contribution >= 0.6 is 11.6 Å². The summed E-state index contributed by atoms with van der Waals surface area (Å²) in [6.45, 7) is 4.71. The predicted molar refractivity (Wildman–Crippen MR) is 67.3 cm³/mol. The summed E-state index contributed by atoms with van der Waals surface area (Å²) in [7, 11) is 0. The van der Waals surface area contributed by atoms with Gasteiger partial charge in [-0.1, -0.05) is 11.6 Å². The Balaban J connectivity index is 2.33. The molecular formula is C12H13ClFN3. The van der Waals surface area contributed by atoms with Gasteiger partial charge in [0.2, 0.25) is 5.95 Å². The zero-order chi connectivity index (χ0) is 12.4. The Morgan fingerprint density at radius 1 is 1.47 bits per heavy atom. The van der Waals surface area contributed by atoms with Crippen LogP contribution in [0.2, 0.25) is 5.02 Å². The van der Waals surface area contributed by atoms with Crippen LogP contribution in [0, 0.1) is 12.7 Å². The maximum Gasteiger partial charge on any atom is 0.207 e. The van der Waals surface area contributed by atoms with Crippen molar-refractivity contribution in [2.24, 2.45) is 0 Å². The Morgan fingerprint density at radius 3 is 2.94 bits per heavy atom. The molecule has 0 aliphatic carbocycles. The second kappa shape index (κ2) is 4.75. The molecule has 0 saturated carbocycles. The summed E-state index contributed by atoms with van der Waals surface area (Å²) >= 11 is 5.98. The van der Waals surface area contributed by atoms with E-state index in [1.54, 1.807) is 0 Å². The highest BCUT2D eigenvalue weighted by Crippen LogP contribution is 2.25. The fraction of sp³-hybridized carbons (Fsp3) is 0.250. The van der Waals surface area contributed by atoms with E-state index in [0.29, 0.717) is 16.7 Å². The molecular weight excluding hydrogens is 241 g/mol. The Bertz CT molecular complexity index is 537. The first-order valence-electron chi connectivity index (χ1n) is 5.36. The predicted octanol–water partition coefficient (Wildman–Crippen LogP) is 3.75. The number of hydrogen-bond donors (Lipinski definition) is 1. The summed E-state index contributed by atoms with van der Waals surface area (Å²) in [5.41, 5.74) is 1.42. The van der Waals surface area contributed by atoms with Gasteiger partial charge in [-0.05, 0) is 32.0 Å². The number of anilines is 2. The normalized spacial score (nSPS) is 10.6. The number of benzene rings is 1. The van der Waals surface area contributed by atoms with Gasteiger partial charge in [0.25, 0.3) is 0 Å². The van der Waals surface area contributed by atoms with E-state index in [4.69, 9.17) is 11.6 Å². The van der Waals surface area contributed by atoms with Gasteiger partial charge in [0.05, 0.1) is 16.4 Å². The van der Waals surface area contributed by atoms with Crippen molar-refractivity contribution >= 4 is 23.2 Å². The van der Waals surface area contributed by atoms with Crippen LogP contribution in [0.1, 0.15) is 12.6 Å². The van der Waals surface area contributed by atoms with Gasteiger partial charge >= 0.3 is 0 Å². The highest BCUT2D eigenvalue weighted by molar-refractivity contribution is 6.33. The SMILES string of the molecule is CCn1cc(C)nc1Nc1cc(F)ccc1Cl. The van der Waals surface area contributed by atoms with Gasteiger partial charge in [-0.25, -0.2) is 9.37 Å². The van der Waals surface area contributed by atoms with Crippen molar-refractivity contribution in [3.8, 4) is 0 Å². The van der Waals surface area contributed by atoms with Crippen molar-refractivity contribution in [2.75, 3.05) is 5.32 Å². The van der Waals surface area contributed by atoms with Crippen molar-refractivity contribution in [1.29, 1.82) is 0 Å². The third-order valence-electron chi connectivity index (χ3n) is 2.41. The molecule has 3 nitrogen and oxygen atoms in total. The summed E-state index contributed by atoms with van der Waals surface area (Å²) in [6, 6.07) is 4.20. The molecule has 0 amide bonds. The first-order chi connectivity index (χ1) is 8.10. The molecule has 0 bridgehead atoms. The highest BCUT2D eigenvalue weighted by atomic mass is 35.5. The fourth-order valence-electron chi connectivity index (χ4n) is 1.60. The monoisotopic (exact) mass is 253 g/mol. The van der Waals surface area contributed by atoms with Crippen molar-refractivity contribution in [3.05, 3.63) is 40.9 Å². The minimum absolute atomic E-state index is 0.330. The van der Waals surface area contributed by atoms with Crippen molar-refractivity contribution in [1.82, 2.24) is 9.55 Å². The third-order valence-corrected chi connectivity index (χ3v) is 2.74. The first kappa shape index (κ1) is 11.9. The zero-order valence-corrected chi connectivity index (χ0v) is 10.4. The third kappa shape index (κ3) is 2.58. The number of halogens is 2. The van der Waals surface area contributed by atoms with Crippen LogP contribution in [-0.4, -0.2) is 9.55 Å². The van der Waals surface area contributed by atoms with Crippen LogP contribution in [-0.2, 0) is 6.54 Å². The summed E-state index contributed by atoms with van der Waals surface area (Å²) in [5, 5.41) is 3.50. The molecule has 0 spiro atoms. The van der Waals surface area contributed by atoms with Crippen LogP contribution < -0.4 is 5.32 Å². The summed E-state index contributed by atoms with van der Waals surface area (Å²) < 4.78 is 15.1. The summed E-state index contributed by atoms with van der Waals surface area (Å²) in [5.74, 6) is 0.334. The van der Waals surface area contributed by atoms with Crippen molar-refractivity contribution in [2.45, 2.75) is 20.4 Å². The number of aryl methyl sites for hydroxylation is 2. The van der Waals surface area contributed by atoms with Crippen LogP contribution in [0.5, 0.6) is 0 Å². The molecule has 90 valence electrons. The van der Waals surface area contributed by atoms with E-state index in [-0.39, 0.29) is 5.82 Å². The lowest BCUT2D eigenvalue weighted by atomic mass is 10.3. The number of rotatable bonds is 3. The quantitative estimate of drug-likeness (QED) is 0.903. The molecule has 2 aromatic rings. The van der Waals surface area contributed by atoms with E-state index < -0.39 is 0 Å². The molecule has 0 atom stereocenters. The lowest BCUT2D eigenvalue weighted by Crippen LogP contribution is -2.01. The molecule has 0 unspecified atom stereocenters. The Kier molecular flexibility index (Phi) is 3.33. The van der Waals surface area contributed by atoms with E-state index in [9.17, 15) is 4.39 Å². The zero-order valence-electron chi connectivity index (χ0n) is 9.67. The van der Waals surface area contributed by atoms with E-state index in [1.807, 2.05) is 24.6 Å². The van der Waals surface area contributed by atoms with Gasteiger partial charge in [-0.3, -0.25) is 0 Å². The van der Waals surface area contributed by atoms with Gasteiger partial charge in [-0.15, -0.1) is 0 Å². The second-order valence-electron chi connectivity index (χ2n) is 3.74. The molecule has 1 aromatic heterocycles. The molecule has 0 aliphatic heterocycles. The van der Waals surface area contributed by atoms with E-state index in [1.165, 1.54) is 18.2 Å². The number of nitrogens with zero attached hydrogens (tertiary/aromatic N) is 2. The topological polar surface area (TPSA) is 29.9 Å². The summed E-state index contributed by atoms with van der Waals surface area (Å²) in [6.07, 6.45) is 1.93. The average Bonchev–Trinajstić information content (AvgIpc) is 2.64. The van der Waals surface area contributed by atoms with Crippen molar-refractivity contribution in [3.63, 3.8) is 0 Å². The molecule has 17 heavy (non-hydrogen) atoms. The average molecular weight is 254 g/mol. The van der Waals surface area contributed by atoms with Gasteiger partial charge in [0.1, 0.15) is 5.82 Å². The molecule has 0 fully saturated rings. The van der Waals surface area contributed by atoms with Gasteiger partial charge in [-0.2, -0.15) is 0 Å².